The Hall–Kier alpha value is -2.29. The fourth-order valence-corrected chi connectivity index (χ4v) is 3.10. The minimum absolute atomic E-state index is 0.0797. The second-order valence-corrected chi connectivity index (χ2v) is 7.51. The molecule has 2 aromatic rings. The maximum absolute atomic E-state index is 12.4. The number of hydrogen-bond donors (Lipinski definition) is 1. The van der Waals surface area contributed by atoms with E-state index in [1.165, 1.54) is 11.8 Å². The Morgan fingerprint density at radius 1 is 1.23 bits per heavy atom. The number of methoxy groups -OCH3 is 2. The van der Waals surface area contributed by atoms with Crippen LogP contribution in [0.3, 0.4) is 0 Å². The van der Waals surface area contributed by atoms with E-state index in [0.29, 0.717) is 29.1 Å². The minimum Gasteiger partial charge on any atom is -0.493 e. The van der Waals surface area contributed by atoms with Crippen molar-refractivity contribution in [3.63, 3.8) is 0 Å². The van der Waals surface area contributed by atoms with Gasteiger partial charge in [0, 0.05) is 13.1 Å². The SMILES string of the molecule is COc1ccc(CNC(=O)[C@@H](C)Sc2nnnn2CC(C)C)cc1OC. The number of benzene rings is 1. The summed E-state index contributed by atoms with van der Waals surface area (Å²) in [6, 6.07) is 5.56. The number of carbonyl (C=O) groups excluding carboxylic acids is 1. The van der Waals surface area contributed by atoms with E-state index in [0.717, 1.165) is 12.1 Å². The smallest absolute Gasteiger partial charge is 0.233 e. The largest absolute Gasteiger partial charge is 0.493 e. The second kappa shape index (κ2) is 9.42. The Morgan fingerprint density at radius 3 is 2.62 bits per heavy atom. The molecule has 0 saturated carbocycles. The van der Waals surface area contributed by atoms with Gasteiger partial charge in [0.05, 0.1) is 19.5 Å². The zero-order valence-electron chi connectivity index (χ0n) is 15.7. The van der Waals surface area contributed by atoms with E-state index in [2.05, 4.69) is 34.7 Å². The summed E-state index contributed by atoms with van der Waals surface area (Å²) in [6.45, 7) is 7.14. The molecule has 1 heterocycles. The van der Waals surface area contributed by atoms with E-state index in [9.17, 15) is 4.79 Å². The highest BCUT2D eigenvalue weighted by Crippen LogP contribution is 2.27. The lowest BCUT2D eigenvalue weighted by Crippen LogP contribution is -2.30. The summed E-state index contributed by atoms with van der Waals surface area (Å²) in [5.74, 6) is 1.63. The lowest BCUT2D eigenvalue weighted by molar-refractivity contribution is -0.120. The number of nitrogens with one attached hydrogen (secondary N) is 1. The Labute approximate surface area is 157 Å². The van der Waals surface area contributed by atoms with Gasteiger partial charge in [-0.05, 0) is 41.0 Å². The fraction of sp³-hybridized carbons (Fsp3) is 0.529. The summed E-state index contributed by atoms with van der Waals surface area (Å²) in [5, 5.41) is 14.9. The summed E-state index contributed by atoms with van der Waals surface area (Å²) in [6.07, 6.45) is 0. The highest BCUT2D eigenvalue weighted by atomic mass is 32.2. The van der Waals surface area contributed by atoms with Crippen LogP contribution in [-0.4, -0.2) is 45.6 Å². The number of rotatable bonds is 9. The molecule has 142 valence electrons. The maximum Gasteiger partial charge on any atom is 0.233 e. The van der Waals surface area contributed by atoms with Gasteiger partial charge in [0.2, 0.25) is 11.1 Å². The van der Waals surface area contributed by atoms with Gasteiger partial charge in [0.1, 0.15) is 0 Å². The van der Waals surface area contributed by atoms with Crippen molar-refractivity contribution in [2.45, 2.75) is 44.3 Å². The molecule has 1 aromatic heterocycles. The van der Waals surface area contributed by atoms with Gasteiger partial charge in [-0.2, -0.15) is 0 Å². The van der Waals surface area contributed by atoms with E-state index in [1.807, 2.05) is 25.1 Å². The van der Waals surface area contributed by atoms with Crippen LogP contribution in [0.5, 0.6) is 11.5 Å². The maximum atomic E-state index is 12.4. The van der Waals surface area contributed by atoms with Gasteiger partial charge in [-0.1, -0.05) is 31.7 Å². The average molecular weight is 379 g/mol. The normalized spacial score (nSPS) is 12.1. The molecule has 1 amide bonds. The third kappa shape index (κ3) is 5.35. The number of tetrazole rings is 1. The molecule has 0 aliphatic heterocycles. The summed E-state index contributed by atoms with van der Waals surface area (Å²) in [5.41, 5.74) is 0.929. The van der Waals surface area contributed by atoms with Crippen LogP contribution in [0.4, 0.5) is 0 Å². The van der Waals surface area contributed by atoms with E-state index in [1.54, 1.807) is 18.9 Å². The van der Waals surface area contributed by atoms with Crippen LogP contribution >= 0.6 is 11.8 Å². The predicted octanol–water partition coefficient (Wildman–Crippen LogP) is 2.14. The van der Waals surface area contributed by atoms with Crippen LogP contribution in [0, 0.1) is 5.92 Å². The van der Waals surface area contributed by atoms with Crippen molar-refractivity contribution in [2.75, 3.05) is 14.2 Å². The first kappa shape index (κ1) is 20.0. The molecule has 0 spiro atoms. The van der Waals surface area contributed by atoms with Crippen LogP contribution in [0.2, 0.25) is 0 Å². The fourth-order valence-electron chi connectivity index (χ4n) is 2.28. The van der Waals surface area contributed by atoms with Crippen LogP contribution in [0.1, 0.15) is 26.3 Å². The molecule has 1 aromatic carbocycles. The Bertz CT molecular complexity index is 735. The van der Waals surface area contributed by atoms with E-state index < -0.39 is 0 Å². The van der Waals surface area contributed by atoms with Gasteiger partial charge in [-0.15, -0.1) is 5.10 Å². The number of carbonyl (C=O) groups is 1. The predicted molar refractivity (Wildman–Crippen MR) is 99.4 cm³/mol. The van der Waals surface area contributed by atoms with Crippen molar-refractivity contribution >= 4 is 17.7 Å². The van der Waals surface area contributed by atoms with E-state index >= 15 is 0 Å². The Balaban J connectivity index is 1.92. The van der Waals surface area contributed by atoms with Crippen molar-refractivity contribution in [1.82, 2.24) is 25.5 Å². The number of nitrogens with zero attached hydrogens (tertiary/aromatic N) is 4. The molecule has 9 heteroatoms. The van der Waals surface area contributed by atoms with Gasteiger partial charge >= 0.3 is 0 Å². The van der Waals surface area contributed by atoms with E-state index in [4.69, 9.17) is 9.47 Å². The van der Waals surface area contributed by atoms with Crippen molar-refractivity contribution in [2.24, 2.45) is 5.92 Å². The van der Waals surface area contributed by atoms with E-state index in [-0.39, 0.29) is 11.2 Å². The monoisotopic (exact) mass is 379 g/mol. The van der Waals surface area contributed by atoms with Crippen LogP contribution in [0.15, 0.2) is 23.4 Å². The van der Waals surface area contributed by atoms with Gasteiger partial charge in [-0.3, -0.25) is 4.79 Å². The summed E-state index contributed by atoms with van der Waals surface area (Å²) in [4.78, 5) is 12.4. The lowest BCUT2D eigenvalue weighted by atomic mass is 10.2. The van der Waals surface area contributed by atoms with Crippen LogP contribution in [-0.2, 0) is 17.9 Å². The molecular weight excluding hydrogens is 354 g/mol. The van der Waals surface area contributed by atoms with Crippen molar-refractivity contribution in [1.29, 1.82) is 0 Å². The molecule has 0 bridgehead atoms. The molecule has 0 aliphatic rings. The summed E-state index contributed by atoms with van der Waals surface area (Å²) < 4.78 is 12.2. The summed E-state index contributed by atoms with van der Waals surface area (Å²) >= 11 is 1.35. The average Bonchev–Trinajstić information content (AvgIpc) is 3.05. The lowest BCUT2D eigenvalue weighted by Gasteiger charge is -2.13. The zero-order chi connectivity index (χ0) is 19.1. The van der Waals surface area contributed by atoms with Gasteiger partial charge < -0.3 is 14.8 Å². The molecular formula is C17H25N5O3S. The molecule has 0 saturated heterocycles. The number of aromatic nitrogens is 4. The van der Waals surface area contributed by atoms with Gasteiger partial charge in [-0.25, -0.2) is 4.68 Å². The highest BCUT2D eigenvalue weighted by Gasteiger charge is 2.19. The third-order valence-corrected chi connectivity index (χ3v) is 4.67. The molecule has 26 heavy (non-hydrogen) atoms. The van der Waals surface area contributed by atoms with Crippen LogP contribution < -0.4 is 14.8 Å². The molecule has 1 N–H and O–H groups in total. The van der Waals surface area contributed by atoms with Gasteiger partial charge in [0.25, 0.3) is 0 Å². The molecule has 0 unspecified atom stereocenters. The minimum atomic E-state index is -0.313. The molecule has 0 fully saturated rings. The standard InChI is InChI=1S/C17H25N5O3S/c1-11(2)10-22-17(19-20-21-22)26-12(3)16(23)18-9-13-6-7-14(24-4)15(8-13)25-5/h6-8,11-12H,9-10H2,1-5H3,(H,18,23)/t12-/m1/s1. The Kier molecular flexibility index (Phi) is 7.26. The van der Waals surface area contributed by atoms with Crippen LogP contribution in [0.25, 0.3) is 0 Å². The van der Waals surface area contributed by atoms with Crippen molar-refractivity contribution < 1.29 is 14.3 Å². The van der Waals surface area contributed by atoms with Crippen molar-refractivity contribution in [3.8, 4) is 11.5 Å². The molecule has 0 aliphatic carbocycles. The number of ether oxygens (including phenoxy) is 2. The molecule has 0 radical (unpaired) electrons. The number of thioether (sulfide) groups is 1. The van der Waals surface area contributed by atoms with Gasteiger partial charge in [0.15, 0.2) is 11.5 Å². The molecule has 2 rings (SSSR count). The number of amides is 1. The van der Waals surface area contributed by atoms with Crippen molar-refractivity contribution in [3.05, 3.63) is 23.8 Å². The second-order valence-electron chi connectivity index (χ2n) is 6.20. The third-order valence-electron chi connectivity index (χ3n) is 3.60. The first-order valence-electron chi connectivity index (χ1n) is 8.36. The Morgan fingerprint density at radius 2 is 1.96 bits per heavy atom. The first-order chi connectivity index (χ1) is 12.4. The quantitative estimate of drug-likeness (QED) is 0.668. The summed E-state index contributed by atoms with van der Waals surface area (Å²) in [7, 11) is 3.17. The molecule has 1 atom stereocenters. The molecule has 8 nitrogen and oxygen atoms in total. The highest BCUT2D eigenvalue weighted by molar-refractivity contribution is 8.00. The topological polar surface area (TPSA) is 91.2 Å². The first-order valence-corrected chi connectivity index (χ1v) is 9.24. The zero-order valence-corrected chi connectivity index (χ0v) is 16.5. The number of hydrogen-bond acceptors (Lipinski definition) is 7.